The van der Waals surface area contributed by atoms with Crippen molar-refractivity contribution in [2.75, 3.05) is 26.2 Å². The number of hydrogen-bond donors (Lipinski definition) is 4. The van der Waals surface area contributed by atoms with Crippen molar-refractivity contribution in [1.82, 2.24) is 21.3 Å². The largest absolute Gasteiger partial charge is 0.354 e. The van der Waals surface area contributed by atoms with E-state index < -0.39 is 0 Å². The number of amides is 2. The first kappa shape index (κ1) is 11.3. The summed E-state index contributed by atoms with van der Waals surface area (Å²) in [6.07, 6.45) is 1.24. The maximum Gasteiger partial charge on any atom is 0.238 e. The number of piperidine rings is 1. The molecule has 0 aromatic rings. The molecule has 0 aromatic carbocycles. The first-order valence-corrected chi connectivity index (χ1v) is 5.77. The zero-order valence-electron chi connectivity index (χ0n) is 9.21. The van der Waals surface area contributed by atoms with E-state index in [4.69, 9.17) is 0 Å². The van der Waals surface area contributed by atoms with Crippen LogP contribution in [0.4, 0.5) is 0 Å². The number of piperazine rings is 1. The van der Waals surface area contributed by atoms with Crippen molar-refractivity contribution in [3.63, 3.8) is 0 Å². The maximum absolute atomic E-state index is 11.8. The third-order valence-electron chi connectivity index (χ3n) is 2.97. The molecule has 2 rings (SSSR count). The summed E-state index contributed by atoms with van der Waals surface area (Å²) in [7, 11) is 0. The predicted molar refractivity (Wildman–Crippen MR) is 58.8 cm³/mol. The summed E-state index contributed by atoms with van der Waals surface area (Å²) >= 11 is 0. The van der Waals surface area contributed by atoms with Crippen LogP contribution in [0, 0.1) is 0 Å². The van der Waals surface area contributed by atoms with Crippen LogP contribution in [0.25, 0.3) is 0 Å². The molecule has 4 N–H and O–H groups in total. The molecule has 0 spiro atoms. The first-order valence-electron chi connectivity index (χ1n) is 5.77. The van der Waals surface area contributed by atoms with Crippen LogP contribution in [-0.2, 0) is 9.59 Å². The fourth-order valence-electron chi connectivity index (χ4n) is 2.00. The van der Waals surface area contributed by atoms with Crippen molar-refractivity contribution in [2.45, 2.75) is 24.9 Å². The average molecular weight is 226 g/mol. The Labute approximate surface area is 94.5 Å². The minimum absolute atomic E-state index is 0.0216. The zero-order chi connectivity index (χ0) is 11.4. The van der Waals surface area contributed by atoms with E-state index in [0.29, 0.717) is 19.5 Å². The van der Waals surface area contributed by atoms with Gasteiger partial charge in [0.25, 0.3) is 0 Å². The van der Waals surface area contributed by atoms with Gasteiger partial charge in [0.15, 0.2) is 0 Å². The molecule has 0 aromatic heterocycles. The molecule has 2 aliphatic rings. The smallest absolute Gasteiger partial charge is 0.238 e. The number of carbonyl (C=O) groups is 2. The molecule has 2 atom stereocenters. The Balaban J connectivity index is 1.75. The van der Waals surface area contributed by atoms with Crippen LogP contribution in [0.2, 0.25) is 0 Å². The third kappa shape index (κ3) is 2.93. The molecule has 2 fully saturated rings. The van der Waals surface area contributed by atoms with Gasteiger partial charge in [0.05, 0.1) is 6.04 Å². The molecule has 2 aliphatic heterocycles. The number of nitrogens with one attached hydrogen (secondary N) is 4. The van der Waals surface area contributed by atoms with Crippen LogP contribution in [0.1, 0.15) is 12.8 Å². The van der Waals surface area contributed by atoms with Gasteiger partial charge in [-0.1, -0.05) is 0 Å². The topological polar surface area (TPSA) is 82.3 Å². The SMILES string of the molecule is O=C1CCC(NC(=O)C2CNCCN2)CN1. The summed E-state index contributed by atoms with van der Waals surface area (Å²) < 4.78 is 0. The standard InChI is InChI=1S/C10H18N4O2/c15-9-2-1-7(5-13-9)14-10(16)8-6-11-3-4-12-8/h7-8,11-12H,1-6H2,(H,13,15)(H,14,16). The van der Waals surface area contributed by atoms with Crippen LogP contribution >= 0.6 is 0 Å². The lowest BCUT2D eigenvalue weighted by molar-refractivity contribution is -0.126. The Bertz CT molecular complexity index is 266. The summed E-state index contributed by atoms with van der Waals surface area (Å²) in [6.45, 7) is 2.94. The van der Waals surface area contributed by atoms with Gasteiger partial charge in [-0.05, 0) is 6.42 Å². The van der Waals surface area contributed by atoms with Crippen molar-refractivity contribution in [1.29, 1.82) is 0 Å². The lowest BCUT2D eigenvalue weighted by atomic mass is 10.1. The molecule has 90 valence electrons. The highest BCUT2D eigenvalue weighted by Crippen LogP contribution is 2.03. The maximum atomic E-state index is 11.8. The quantitative estimate of drug-likeness (QED) is 0.436. The van der Waals surface area contributed by atoms with E-state index in [2.05, 4.69) is 21.3 Å². The summed E-state index contributed by atoms with van der Waals surface area (Å²) in [5.74, 6) is 0.0938. The van der Waals surface area contributed by atoms with Crippen LogP contribution in [0.15, 0.2) is 0 Å². The molecule has 2 heterocycles. The molecule has 2 amide bonds. The summed E-state index contributed by atoms with van der Waals surface area (Å²) in [5.41, 5.74) is 0. The Morgan fingerprint density at radius 2 is 2.19 bits per heavy atom. The highest BCUT2D eigenvalue weighted by atomic mass is 16.2. The van der Waals surface area contributed by atoms with Crippen molar-refractivity contribution in [3.05, 3.63) is 0 Å². The van der Waals surface area contributed by atoms with Gasteiger partial charge < -0.3 is 21.3 Å². The van der Waals surface area contributed by atoms with Crippen molar-refractivity contribution >= 4 is 11.8 Å². The second kappa shape index (κ2) is 5.27. The van der Waals surface area contributed by atoms with Crippen LogP contribution in [-0.4, -0.2) is 50.1 Å². The van der Waals surface area contributed by atoms with E-state index >= 15 is 0 Å². The molecule has 0 bridgehead atoms. The minimum Gasteiger partial charge on any atom is -0.354 e. The molecule has 16 heavy (non-hydrogen) atoms. The lowest BCUT2D eigenvalue weighted by Crippen LogP contribution is -2.58. The molecular weight excluding hydrogens is 208 g/mol. The van der Waals surface area contributed by atoms with Gasteiger partial charge in [-0.2, -0.15) is 0 Å². The van der Waals surface area contributed by atoms with E-state index in [9.17, 15) is 9.59 Å². The highest BCUT2D eigenvalue weighted by Gasteiger charge is 2.24. The molecule has 6 nitrogen and oxygen atoms in total. The summed E-state index contributed by atoms with van der Waals surface area (Å²) in [5, 5.41) is 12.0. The molecule has 2 saturated heterocycles. The Morgan fingerprint density at radius 3 is 2.81 bits per heavy atom. The summed E-state index contributed by atoms with van der Waals surface area (Å²) in [4.78, 5) is 22.8. The predicted octanol–water partition coefficient (Wildman–Crippen LogP) is -2.06. The van der Waals surface area contributed by atoms with Gasteiger partial charge in [0.1, 0.15) is 0 Å². The average Bonchev–Trinajstić information content (AvgIpc) is 2.33. The Kier molecular flexibility index (Phi) is 3.74. The van der Waals surface area contributed by atoms with Gasteiger partial charge in [-0.25, -0.2) is 0 Å². The van der Waals surface area contributed by atoms with Gasteiger partial charge in [0, 0.05) is 38.6 Å². The van der Waals surface area contributed by atoms with Crippen molar-refractivity contribution in [3.8, 4) is 0 Å². The third-order valence-corrected chi connectivity index (χ3v) is 2.97. The monoisotopic (exact) mass is 226 g/mol. The molecular formula is C10H18N4O2. The van der Waals surface area contributed by atoms with E-state index in [-0.39, 0.29) is 23.9 Å². The van der Waals surface area contributed by atoms with Crippen molar-refractivity contribution in [2.24, 2.45) is 0 Å². The van der Waals surface area contributed by atoms with Crippen LogP contribution in [0.3, 0.4) is 0 Å². The normalized spacial score (nSPS) is 30.6. The molecule has 6 heteroatoms. The fourth-order valence-corrected chi connectivity index (χ4v) is 2.00. The van der Waals surface area contributed by atoms with Gasteiger partial charge in [-0.3, -0.25) is 9.59 Å². The second-order valence-corrected chi connectivity index (χ2v) is 4.26. The Hall–Kier alpha value is -1.14. The van der Waals surface area contributed by atoms with Gasteiger partial charge in [0.2, 0.25) is 11.8 Å². The van der Waals surface area contributed by atoms with E-state index in [1.165, 1.54) is 0 Å². The first-order chi connectivity index (χ1) is 7.75. The zero-order valence-corrected chi connectivity index (χ0v) is 9.21. The van der Waals surface area contributed by atoms with E-state index in [1.807, 2.05) is 0 Å². The highest BCUT2D eigenvalue weighted by molar-refractivity contribution is 5.83. The number of hydrogen-bond acceptors (Lipinski definition) is 4. The minimum atomic E-state index is -0.147. The number of carbonyl (C=O) groups excluding carboxylic acids is 2. The van der Waals surface area contributed by atoms with Crippen molar-refractivity contribution < 1.29 is 9.59 Å². The van der Waals surface area contributed by atoms with E-state index in [0.717, 1.165) is 19.5 Å². The number of rotatable bonds is 2. The second-order valence-electron chi connectivity index (χ2n) is 4.26. The lowest BCUT2D eigenvalue weighted by Gasteiger charge is -2.28. The van der Waals surface area contributed by atoms with Crippen LogP contribution < -0.4 is 21.3 Å². The Morgan fingerprint density at radius 1 is 1.31 bits per heavy atom. The molecule has 0 aliphatic carbocycles. The van der Waals surface area contributed by atoms with E-state index in [1.54, 1.807) is 0 Å². The molecule has 0 saturated carbocycles. The fraction of sp³-hybridized carbons (Fsp3) is 0.800. The van der Waals surface area contributed by atoms with Gasteiger partial charge >= 0.3 is 0 Å². The van der Waals surface area contributed by atoms with Crippen LogP contribution in [0.5, 0.6) is 0 Å². The van der Waals surface area contributed by atoms with Gasteiger partial charge in [-0.15, -0.1) is 0 Å². The molecule has 2 unspecified atom stereocenters. The molecule has 0 radical (unpaired) electrons. The summed E-state index contributed by atoms with van der Waals surface area (Å²) in [6, 6.07) is -0.0692.